The highest BCUT2D eigenvalue weighted by Crippen LogP contribution is 2.26. The van der Waals surface area contributed by atoms with E-state index in [0.717, 1.165) is 5.56 Å². The smallest absolute Gasteiger partial charge is 0.252 e. The highest BCUT2D eigenvalue weighted by atomic mass is 35.5. The van der Waals surface area contributed by atoms with Crippen LogP contribution < -0.4 is 10.0 Å². The minimum Gasteiger partial charge on any atom is -0.345 e. The molecule has 1 unspecified atom stereocenters. The molecule has 2 rings (SSSR count). The number of carbonyl (C=O) groups excluding carboxylic acids is 1. The van der Waals surface area contributed by atoms with Crippen LogP contribution in [-0.4, -0.2) is 20.9 Å². The summed E-state index contributed by atoms with van der Waals surface area (Å²) in [5, 5.41) is 3.80. The molecule has 0 saturated heterocycles. The van der Waals surface area contributed by atoms with Gasteiger partial charge in [0.15, 0.2) is 0 Å². The van der Waals surface area contributed by atoms with Crippen LogP contribution in [-0.2, 0) is 10.0 Å². The van der Waals surface area contributed by atoms with Crippen LogP contribution in [0.25, 0.3) is 0 Å². The molecule has 26 heavy (non-hydrogen) atoms. The molecule has 1 atom stereocenters. The van der Waals surface area contributed by atoms with Crippen molar-refractivity contribution < 1.29 is 13.2 Å². The average Bonchev–Trinajstić information content (AvgIpc) is 2.54. The van der Waals surface area contributed by atoms with E-state index in [9.17, 15) is 13.2 Å². The maximum Gasteiger partial charge on any atom is 0.252 e. The molecule has 0 heterocycles. The van der Waals surface area contributed by atoms with Gasteiger partial charge in [0.05, 0.1) is 10.9 Å². The minimum atomic E-state index is -3.64. The normalized spacial score (nSPS) is 12.7. The zero-order valence-corrected chi connectivity index (χ0v) is 17.0. The molecule has 2 N–H and O–H groups in total. The summed E-state index contributed by atoms with van der Waals surface area (Å²) in [5.41, 5.74) is 1.69. The molecule has 0 aliphatic heterocycles. The van der Waals surface area contributed by atoms with Crippen LogP contribution in [0.2, 0.25) is 10.0 Å². The van der Waals surface area contributed by atoms with Crippen molar-refractivity contribution in [3.05, 3.63) is 63.1 Å². The van der Waals surface area contributed by atoms with E-state index in [4.69, 9.17) is 23.2 Å². The summed E-state index contributed by atoms with van der Waals surface area (Å²) < 4.78 is 26.7. The number of nitrogens with one attached hydrogen (secondary N) is 2. The molecule has 140 valence electrons. The number of aryl methyl sites for hydroxylation is 1. The lowest BCUT2D eigenvalue weighted by Crippen LogP contribution is -2.28. The van der Waals surface area contributed by atoms with Gasteiger partial charge < -0.3 is 5.32 Å². The Morgan fingerprint density at radius 2 is 1.85 bits per heavy atom. The molecule has 0 fully saturated rings. The molecule has 8 heteroatoms. The first-order valence-corrected chi connectivity index (χ1v) is 10.3. The van der Waals surface area contributed by atoms with Gasteiger partial charge in [-0.15, -0.1) is 0 Å². The zero-order chi connectivity index (χ0) is 19.5. The van der Waals surface area contributed by atoms with E-state index in [1.807, 2.05) is 0 Å². The third kappa shape index (κ3) is 4.76. The standard InChI is InChI=1S/C18H20Cl2N2O3S/c1-4-21-26(24,25)14-7-5-11(2)16(10-14)18(23)22-12(3)15-8-6-13(19)9-17(15)20/h5-10,12,21H,4H2,1-3H3,(H,22,23). The van der Waals surface area contributed by atoms with Gasteiger partial charge >= 0.3 is 0 Å². The maximum absolute atomic E-state index is 12.7. The second-order valence-corrected chi connectivity index (χ2v) is 8.45. The monoisotopic (exact) mass is 414 g/mol. The summed E-state index contributed by atoms with van der Waals surface area (Å²) in [6, 6.07) is 9.13. The van der Waals surface area contributed by atoms with Gasteiger partial charge in [0.25, 0.3) is 5.91 Å². The molecule has 0 spiro atoms. The van der Waals surface area contributed by atoms with Gasteiger partial charge in [-0.2, -0.15) is 0 Å². The second kappa shape index (κ2) is 8.39. The number of sulfonamides is 1. The lowest BCUT2D eigenvalue weighted by Gasteiger charge is -2.17. The van der Waals surface area contributed by atoms with E-state index in [1.165, 1.54) is 12.1 Å². The van der Waals surface area contributed by atoms with Crippen molar-refractivity contribution in [3.63, 3.8) is 0 Å². The average molecular weight is 415 g/mol. The largest absolute Gasteiger partial charge is 0.345 e. The molecule has 0 bridgehead atoms. The first-order chi connectivity index (χ1) is 12.2. The Hall–Kier alpha value is -1.60. The molecule has 2 aromatic rings. The lowest BCUT2D eigenvalue weighted by atomic mass is 10.1. The van der Waals surface area contributed by atoms with E-state index in [0.29, 0.717) is 21.2 Å². The van der Waals surface area contributed by atoms with Crippen LogP contribution >= 0.6 is 23.2 Å². The van der Waals surface area contributed by atoms with Gasteiger partial charge in [-0.3, -0.25) is 4.79 Å². The molecule has 1 amide bonds. The number of rotatable bonds is 6. The predicted octanol–water partition coefficient (Wildman–Crippen LogP) is 4.09. The fourth-order valence-corrected chi connectivity index (χ4v) is 4.13. The lowest BCUT2D eigenvalue weighted by molar-refractivity contribution is 0.0939. The summed E-state index contributed by atoms with van der Waals surface area (Å²) in [6.07, 6.45) is 0. The fraction of sp³-hybridized carbons (Fsp3) is 0.278. The van der Waals surface area contributed by atoms with E-state index in [2.05, 4.69) is 10.0 Å². The van der Waals surface area contributed by atoms with Gasteiger partial charge in [-0.1, -0.05) is 42.3 Å². The van der Waals surface area contributed by atoms with Crippen LogP contribution in [0, 0.1) is 6.92 Å². The van der Waals surface area contributed by atoms with Gasteiger partial charge in [0.1, 0.15) is 0 Å². The van der Waals surface area contributed by atoms with E-state index in [1.54, 1.807) is 45.0 Å². The fourth-order valence-electron chi connectivity index (χ4n) is 2.49. The first-order valence-electron chi connectivity index (χ1n) is 8.02. The molecule has 0 aromatic heterocycles. The van der Waals surface area contributed by atoms with E-state index < -0.39 is 10.0 Å². The topological polar surface area (TPSA) is 75.3 Å². The third-order valence-electron chi connectivity index (χ3n) is 3.87. The Morgan fingerprint density at radius 1 is 1.15 bits per heavy atom. The van der Waals surface area contributed by atoms with Crippen molar-refractivity contribution in [2.24, 2.45) is 0 Å². The van der Waals surface area contributed by atoms with Crippen LogP contribution in [0.3, 0.4) is 0 Å². The Kier molecular flexibility index (Phi) is 6.69. The number of hydrogen-bond acceptors (Lipinski definition) is 3. The van der Waals surface area contributed by atoms with Crippen molar-refractivity contribution >= 4 is 39.1 Å². The van der Waals surface area contributed by atoms with Crippen molar-refractivity contribution in [3.8, 4) is 0 Å². The molecule has 0 radical (unpaired) electrons. The number of hydrogen-bond donors (Lipinski definition) is 2. The van der Waals surface area contributed by atoms with Crippen LogP contribution in [0.15, 0.2) is 41.3 Å². The molecule has 2 aromatic carbocycles. The summed E-state index contributed by atoms with van der Waals surface area (Å²) in [4.78, 5) is 12.7. The summed E-state index contributed by atoms with van der Waals surface area (Å²) >= 11 is 12.1. The number of halogens is 2. The number of amides is 1. The minimum absolute atomic E-state index is 0.0484. The van der Waals surface area contributed by atoms with Gasteiger partial charge in [0.2, 0.25) is 10.0 Å². The highest BCUT2D eigenvalue weighted by Gasteiger charge is 2.19. The van der Waals surface area contributed by atoms with Crippen molar-refractivity contribution in [1.82, 2.24) is 10.0 Å². The van der Waals surface area contributed by atoms with E-state index >= 15 is 0 Å². The maximum atomic E-state index is 12.7. The third-order valence-corrected chi connectivity index (χ3v) is 5.98. The van der Waals surface area contributed by atoms with Gasteiger partial charge in [-0.25, -0.2) is 13.1 Å². The molecule has 5 nitrogen and oxygen atoms in total. The quantitative estimate of drug-likeness (QED) is 0.746. The van der Waals surface area contributed by atoms with E-state index in [-0.39, 0.29) is 23.4 Å². The first kappa shape index (κ1) is 20.7. The number of benzene rings is 2. The van der Waals surface area contributed by atoms with Crippen molar-refractivity contribution in [2.75, 3.05) is 6.54 Å². The van der Waals surface area contributed by atoms with Crippen molar-refractivity contribution in [1.29, 1.82) is 0 Å². The Labute approximate surface area is 163 Å². The van der Waals surface area contributed by atoms with Gasteiger partial charge in [0, 0.05) is 22.2 Å². The molecule has 0 aliphatic carbocycles. The molecular formula is C18H20Cl2N2O3S. The number of carbonyl (C=O) groups is 1. The Morgan fingerprint density at radius 3 is 2.46 bits per heavy atom. The summed E-state index contributed by atoms with van der Waals surface area (Å²) in [7, 11) is -3.64. The zero-order valence-electron chi connectivity index (χ0n) is 14.6. The van der Waals surface area contributed by atoms with Crippen LogP contribution in [0.1, 0.15) is 41.4 Å². The SMILES string of the molecule is CCNS(=O)(=O)c1ccc(C)c(C(=O)NC(C)c2ccc(Cl)cc2Cl)c1. The molecule has 0 aliphatic rings. The van der Waals surface area contributed by atoms with Crippen LogP contribution in [0.4, 0.5) is 0 Å². The summed E-state index contributed by atoms with van der Waals surface area (Å²) in [5.74, 6) is -0.380. The predicted molar refractivity (Wildman–Crippen MR) is 104 cm³/mol. The van der Waals surface area contributed by atoms with Crippen molar-refractivity contribution in [2.45, 2.75) is 31.7 Å². The van der Waals surface area contributed by atoms with Crippen LogP contribution in [0.5, 0.6) is 0 Å². The van der Waals surface area contributed by atoms with Gasteiger partial charge in [-0.05, 0) is 49.2 Å². The Balaban J connectivity index is 2.29. The molecular weight excluding hydrogens is 395 g/mol. The second-order valence-electron chi connectivity index (χ2n) is 5.84. The summed E-state index contributed by atoms with van der Waals surface area (Å²) in [6.45, 7) is 5.50. The Bertz CT molecular complexity index is 930. The highest BCUT2D eigenvalue weighted by molar-refractivity contribution is 7.89. The molecule has 0 saturated carbocycles.